The molecule has 18 heteroatoms. The van der Waals surface area contributed by atoms with E-state index in [4.69, 9.17) is 9.47 Å². The Balaban J connectivity index is 1.56. The van der Waals surface area contributed by atoms with Crippen LogP contribution in [0.5, 0.6) is 11.5 Å². The molecule has 0 aliphatic heterocycles. The van der Waals surface area contributed by atoms with Gasteiger partial charge in [0.15, 0.2) is 23.1 Å². The maximum atomic E-state index is 15.4. The van der Waals surface area contributed by atoms with E-state index in [-0.39, 0.29) is 57.5 Å². The number of aromatic nitrogens is 5. The second-order valence-corrected chi connectivity index (χ2v) is 11.8. The third kappa shape index (κ3) is 6.80. The lowest BCUT2D eigenvalue weighted by atomic mass is 9.99. The average molecular weight is 664 g/mol. The van der Waals surface area contributed by atoms with Crippen LogP contribution in [0, 0.1) is 5.82 Å². The van der Waals surface area contributed by atoms with Crippen molar-refractivity contribution in [2.24, 2.45) is 7.05 Å². The first-order valence-corrected chi connectivity index (χ1v) is 15.1. The van der Waals surface area contributed by atoms with E-state index in [1.54, 1.807) is 0 Å². The number of carbonyl (C=O) groups excluding carboxylic acids is 1. The number of halogens is 4. The molecular formula is C28H25F4N7O6S. The maximum absolute atomic E-state index is 15.4. The minimum atomic E-state index is -4.88. The number of nitrogens with zero attached hydrogens (tertiary/aromatic N) is 4. The van der Waals surface area contributed by atoms with Crippen LogP contribution in [0.25, 0.3) is 22.2 Å². The molecule has 46 heavy (non-hydrogen) atoms. The van der Waals surface area contributed by atoms with E-state index in [9.17, 15) is 31.2 Å². The molecule has 3 N–H and O–H groups in total. The second-order valence-electron chi connectivity index (χ2n) is 10.0. The molecule has 2 heterocycles. The summed E-state index contributed by atoms with van der Waals surface area (Å²) in [6.45, 7) is -0.912. The largest absolute Gasteiger partial charge is 0.493 e. The van der Waals surface area contributed by atoms with Gasteiger partial charge in [0, 0.05) is 18.3 Å². The number of aromatic amines is 1. The van der Waals surface area contributed by atoms with E-state index in [2.05, 4.69) is 25.2 Å². The third-order valence-electron chi connectivity index (χ3n) is 6.67. The normalized spacial score (nSPS) is 11.9. The third-order valence-corrected chi connectivity index (χ3v) is 7.28. The van der Waals surface area contributed by atoms with Crippen molar-refractivity contribution in [3.8, 4) is 22.6 Å². The molecule has 0 spiro atoms. The number of hydrogen-bond acceptors (Lipinski definition) is 8. The molecule has 0 aliphatic carbocycles. The number of imidazole rings is 1. The lowest BCUT2D eigenvalue weighted by molar-refractivity contribution is -0.137. The lowest BCUT2D eigenvalue weighted by Crippen LogP contribution is -2.28. The van der Waals surface area contributed by atoms with E-state index in [1.807, 2.05) is 0 Å². The predicted molar refractivity (Wildman–Crippen MR) is 158 cm³/mol. The summed E-state index contributed by atoms with van der Waals surface area (Å²) in [5.74, 6) is -1.94. The van der Waals surface area contributed by atoms with E-state index < -0.39 is 45.7 Å². The van der Waals surface area contributed by atoms with Crippen molar-refractivity contribution in [2.45, 2.75) is 19.3 Å². The van der Waals surface area contributed by atoms with E-state index in [0.29, 0.717) is 0 Å². The molecule has 13 nitrogen and oxygen atoms in total. The van der Waals surface area contributed by atoms with E-state index >= 15 is 4.39 Å². The average Bonchev–Trinajstić information content (AvgIpc) is 3.57. The Bertz CT molecular complexity index is 2110. The number of aryl methyl sites for hydroxylation is 1. The second kappa shape index (κ2) is 12.2. The summed E-state index contributed by atoms with van der Waals surface area (Å²) in [6.07, 6.45) is -2.70. The summed E-state index contributed by atoms with van der Waals surface area (Å²) < 4.78 is 95.8. The highest BCUT2D eigenvalue weighted by atomic mass is 32.2. The van der Waals surface area contributed by atoms with Crippen molar-refractivity contribution in [1.82, 2.24) is 24.3 Å². The molecule has 5 rings (SSSR count). The topological polar surface area (TPSA) is 162 Å². The molecular weight excluding hydrogens is 638 g/mol. The van der Waals surface area contributed by atoms with Crippen molar-refractivity contribution >= 4 is 38.3 Å². The Hall–Kier alpha value is -5.39. The van der Waals surface area contributed by atoms with Crippen molar-refractivity contribution in [3.05, 3.63) is 82.5 Å². The number of carbonyl (C=O) groups is 1. The predicted octanol–water partition coefficient (Wildman–Crippen LogP) is 3.88. The number of ether oxygens (including phenoxy) is 2. The van der Waals surface area contributed by atoms with Gasteiger partial charge in [0.25, 0.3) is 0 Å². The fraction of sp³-hybridized carbons (Fsp3) is 0.214. The Labute approximate surface area is 257 Å². The summed E-state index contributed by atoms with van der Waals surface area (Å²) in [4.78, 5) is 30.2. The van der Waals surface area contributed by atoms with Gasteiger partial charge in [-0.2, -0.15) is 18.3 Å². The van der Waals surface area contributed by atoms with Gasteiger partial charge in [-0.3, -0.25) is 23.7 Å². The quantitative estimate of drug-likeness (QED) is 0.190. The lowest BCUT2D eigenvalue weighted by Gasteiger charge is -2.16. The van der Waals surface area contributed by atoms with Crippen LogP contribution in [-0.4, -0.2) is 52.0 Å². The van der Waals surface area contributed by atoms with Crippen LogP contribution >= 0.6 is 0 Å². The van der Waals surface area contributed by atoms with Crippen molar-refractivity contribution in [1.29, 1.82) is 0 Å². The number of methoxy groups -OCH3 is 1. The molecule has 0 saturated carbocycles. The summed E-state index contributed by atoms with van der Waals surface area (Å²) in [6, 6.07) is 9.40. The van der Waals surface area contributed by atoms with Gasteiger partial charge in [0.05, 0.1) is 35.6 Å². The minimum Gasteiger partial charge on any atom is -0.493 e. The first-order chi connectivity index (χ1) is 21.6. The first kappa shape index (κ1) is 32.0. The highest BCUT2D eigenvalue weighted by molar-refractivity contribution is 7.92. The van der Waals surface area contributed by atoms with Gasteiger partial charge in [-0.25, -0.2) is 22.6 Å². The van der Waals surface area contributed by atoms with Crippen molar-refractivity contribution < 1.29 is 40.2 Å². The van der Waals surface area contributed by atoms with Crippen LogP contribution in [0.15, 0.2) is 59.7 Å². The summed E-state index contributed by atoms with van der Waals surface area (Å²) in [5.41, 5.74) is -2.15. The van der Waals surface area contributed by atoms with Crippen LogP contribution in [0.3, 0.4) is 0 Å². The zero-order valence-electron chi connectivity index (χ0n) is 24.3. The molecule has 2 aromatic heterocycles. The molecule has 0 fully saturated rings. The van der Waals surface area contributed by atoms with E-state index in [1.165, 1.54) is 50.8 Å². The molecule has 0 radical (unpaired) electrons. The Morgan fingerprint density at radius 3 is 2.50 bits per heavy atom. The fourth-order valence-corrected chi connectivity index (χ4v) is 5.32. The smallest absolute Gasteiger partial charge is 0.416 e. The fourth-order valence-electron chi connectivity index (χ4n) is 4.77. The highest BCUT2D eigenvalue weighted by Gasteiger charge is 2.33. The van der Waals surface area contributed by atoms with Gasteiger partial charge in [-0.15, -0.1) is 0 Å². The first-order valence-electron chi connectivity index (χ1n) is 13.2. The molecule has 0 saturated heterocycles. The van der Waals surface area contributed by atoms with Gasteiger partial charge < -0.3 is 14.8 Å². The Kier molecular flexibility index (Phi) is 8.48. The molecule has 0 aliphatic rings. The van der Waals surface area contributed by atoms with Crippen LogP contribution in [0.4, 0.5) is 28.9 Å². The van der Waals surface area contributed by atoms with Crippen molar-refractivity contribution in [2.75, 3.05) is 23.4 Å². The number of rotatable bonds is 10. The highest BCUT2D eigenvalue weighted by Crippen LogP contribution is 2.41. The SMILES string of the molecule is COc1cc(-c2cc(C(F)(F)F)cc3c2n(C)c(=O)n3CC(=O)Nc2cccc(NS(C)(=O)=O)c2)cc(F)c1OCc1ncn[nH]1. The van der Waals surface area contributed by atoms with Gasteiger partial charge in [-0.1, -0.05) is 6.07 Å². The summed E-state index contributed by atoms with van der Waals surface area (Å²) in [5, 5.41) is 8.72. The maximum Gasteiger partial charge on any atom is 0.416 e. The molecule has 1 amide bonds. The number of anilines is 2. The van der Waals surface area contributed by atoms with Gasteiger partial charge in [0.1, 0.15) is 19.5 Å². The summed E-state index contributed by atoms with van der Waals surface area (Å²) >= 11 is 0. The number of hydrogen-bond donors (Lipinski definition) is 3. The number of H-pyrrole nitrogens is 1. The number of nitrogens with one attached hydrogen (secondary N) is 3. The molecule has 242 valence electrons. The molecule has 0 unspecified atom stereocenters. The standard InChI is InChI=1S/C28H25F4N7O6S/c1-38-25-19(15-7-20(29)26(22(8-15)44-2)45-13-23-33-14-34-36-23)9-16(28(30,31)32)10-21(25)39(27(38)41)12-24(40)35-17-5-4-6-18(11-17)37-46(3,42)43/h4-11,14,37H,12-13H2,1-3H3,(H,35,40)(H,33,34,36). The number of sulfonamides is 1. The van der Waals surface area contributed by atoms with Crippen LogP contribution < -0.4 is 25.2 Å². The van der Waals surface area contributed by atoms with Crippen LogP contribution in [0.1, 0.15) is 11.4 Å². The van der Waals surface area contributed by atoms with Crippen LogP contribution in [-0.2, 0) is 41.2 Å². The minimum absolute atomic E-state index is 0.0121. The number of benzene rings is 3. The molecule has 5 aromatic rings. The van der Waals surface area contributed by atoms with E-state index in [0.717, 1.165) is 33.6 Å². The Morgan fingerprint density at radius 2 is 1.85 bits per heavy atom. The van der Waals surface area contributed by atoms with Gasteiger partial charge in [-0.05, 0) is 48.0 Å². The molecule has 3 aromatic carbocycles. The van der Waals surface area contributed by atoms with Gasteiger partial charge in [0.2, 0.25) is 15.9 Å². The van der Waals surface area contributed by atoms with Crippen LogP contribution in [0.2, 0.25) is 0 Å². The zero-order chi connectivity index (χ0) is 33.4. The van der Waals surface area contributed by atoms with Gasteiger partial charge >= 0.3 is 11.9 Å². The summed E-state index contributed by atoms with van der Waals surface area (Å²) in [7, 11) is -1.08. The molecule has 0 atom stereocenters. The van der Waals surface area contributed by atoms with Crippen molar-refractivity contribution in [3.63, 3.8) is 0 Å². The zero-order valence-corrected chi connectivity index (χ0v) is 25.1. The number of fused-ring (bicyclic) bond motifs is 1. The monoisotopic (exact) mass is 663 g/mol. The number of alkyl halides is 3. The molecule has 0 bridgehead atoms. The Morgan fingerprint density at radius 1 is 1.11 bits per heavy atom. The number of amides is 1.